The van der Waals surface area contributed by atoms with E-state index in [0.29, 0.717) is 22.5 Å². The Morgan fingerprint density at radius 3 is 2.50 bits per heavy atom. The van der Waals surface area contributed by atoms with Gasteiger partial charge >= 0.3 is 5.97 Å². The molecular formula is C13H16N4O2S. The number of rotatable bonds is 3. The minimum atomic E-state index is -0.977. The van der Waals surface area contributed by atoms with Gasteiger partial charge in [-0.15, -0.1) is 0 Å². The number of pyridine rings is 1. The largest absolute Gasteiger partial charge is 0.478 e. The number of carbonyl (C=O) groups is 1. The molecule has 0 unspecified atom stereocenters. The second kappa shape index (κ2) is 5.16. The van der Waals surface area contributed by atoms with E-state index in [1.807, 2.05) is 20.8 Å². The highest BCUT2D eigenvalue weighted by molar-refractivity contribution is 7.09. The molecule has 2 aromatic heterocycles. The van der Waals surface area contributed by atoms with Crippen LogP contribution in [0.3, 0.4) is 0 Å². The molecule has 6 nitrogen and oxygen atoms in total. The van der Waals surface area contributed by atoms with Crippen LogP contribution in [-0.4, -0.2) is 25.4 Å². The zero-order chi connectivity index (χ0) is 14.9. The van der Waals surface area contributed by atoms with Crippen molar-refractivity contribution >= 4 is 28.5 Å². The molecule has 0 aliphatic rings. The summed E-state index contributed by atoms with van der Waals surface area (Å²) in [6.07, 6.45) is 0. The van der Waals surface area contributed by atoms with Crippen LogP contribution in [0, 0.1) is 6.92 Å². The van der Waals surface area contributed by atoms with Crippen molar-refractivity contribution in [2.24, 2.45) is 0 Å². The molecule has 0 saturated heterocycles. The monoisotopic (exact) mass is 292 g/mol. The van der Waals surface area contributed by atoms with E-state index in [2.05, 4.69) is 19.7 Å². The Morgan fingerprint density at radius 1 is 1.30 bits per heavy atom. The first kappa shape index (κ1) is 14.4. The van der Waals surface area contributed by atoms with E-state index in [1.165, 1.54) is 17.6 Å². The number of aromatic carboxylic acids is 1. The lowest BCUT2D eigenvalue weighted by atomic mass is 9.91. The quantitative estimate of drug-likeness (QED) is 0.904. The summed E-state index contributed by atoms with van der Waals surface area (Å²) in [6.45, 7) is 7.75. The Labute approximate surface area is 121 Å². The van der Waals surface area contributed by atoms with E-state index >= 15 is 0 Å². The second-order valence-electron chi connectivity index (χ2n) is 5.45. The maximum Gasteiger partial charge on any atom is 0.335 e. The molecule has 0 aliphatic carbocycles. The molecule has 0 radical (unpaired) electrons. The number of aromatic nitrogens is 3. The van der Waals surface area contributed by atoms with Crippen LogP contribution in [-0.2, 0) is 5.41 Å². The number of carboxylic acid groups (broad SMARTS) is 1. The summed E-state index contributed by atoms with van der Waals surface area (Å²) < 4.78 is 4.07. The van der Waals surface area contributed by atoms with E-state index in [0.717, 1.165) is 0 Å². The number of aryl methyl sites for hydroxylation is 1. The van der Waals surface area contributed by atoms with Gasteiger partial charge in [-0.05, 0) is 19.1 Å². The van der Waals surface area contributed by atoms with Crippen molar-refractivity contribution in [2.75, 3.05) is 5.32 Å². The lowest BCUT2D eigenvalue weighted by Crippen LogP contribution is -2.16. The summed E-state index contributed by atoms with van der Waals surface area (Å²) >= 11 is 1.21. The molecular weight excluding hydrogens is 276 g/mol. The van der Waals surface area contributed by atoms with Gasteiger partial charge in [-0.2, -0.15) is 4.37 Å². The first-order chi connectivity index (χ1) is 9.25. The van der Waals surface area contributed by atoms with Crippen LogP contribution in [0.4, 0.5) is 10.9 Å². The van der Waals surface area contributed by atoms with Crippen LogP contribution in [0.15, 0.2) is 12.1 Å². The maximum absolute atomic E-state index is 11.2. The van der Waals surface area contributed by atoms with E-state index in [-0.39, 0.29) is 11.0 Å². The van der Waals surface area contributed by atoms with Gasteiger partial charge in [0.25, 0.3) is 0 Å². The Bertz CT molecular complexity index is 646. The average molecular weight is 292 g/mol. The zero-order valence-corrected chi connectivity index (χ0v) is 12.6. The minimum absolute atomic E-state index is 0.202. The van der Waals surface area contributed by atoms with E-state index in [1.54, 1.807) is 13.0 Å². The summed E-state index contributed by atoms with van der Waals surface area (Å²) in [4.78, 5) is 19.8. The van der Waals surface area contributed by atoms with Crippen LogP contribution in [0.25, 0.3) is 0 Å². The van der Waals surface area contributed by atoms with Gasteiger partial charge in [0.05, 0.1) is 5.56 Å². The Kier molecular flexibility index (Phi) is 3.71. The lowest BCUT2D eigenvalue weighted by molar-refractivity contribution is 0.0696. The lowest BCUT2D eigenvalue weighted by Gasteiger charge is -2.19. The Balaban J connectivity index is 2.41. The smallest absolute Gasteiger partial charge is 0.335 e. The van der Waals surface area contributed by atoms with Crippen molar-refractivity contribution < 1.29 is 9.90 Å². The fourth-order valence-corrected chi connectivity index (χ4v) is 2.14. The Morgan fingerprint density at radius 2 is 2.00 bits per heavy atom. The van der Waals surface area contributed by atoms with E-state index in [4.69, 9.17) is 0 Å². The minimum Gasteiger partial charge on any atom is -0.478 e. The summed E-state index contributed by atoms with van der Waals surface area (Å²) in [5, 5.41) is 12.8. The first-order valence-corrected chi connectivity index (χ1v) is 6.86. The van der Waals surface area contributed by atoms with Crippen molar-refractivity contribution in [3.05, 3.63) is 29.2 Å². The van der Waals surface area contributed by atoms with E-state index < -0.39 is 5.97 Å². The first-order valence-electron chi connectivity index (χ1n) is 6.09. The van der Waals surface area contributed by atoms with Crippen LogP contribution in [0.2, 0.25) is 0 Å². The summed E-state index contributed by atoms with van der Waals surface area (Å²) in [7, 11) is 0. The van der Waals surface area contributed by atoms with Crippen LogP contribution < -0.4 is 5.32 Å². The SMILES string of the molecule is Cc1nsc(Nc2cc(C(=O)O)cc(C(C)(C)C)n2)n1. The highest BCUT2D eigenvalue weighted by Gasteiger charge is 2.19. The molecule has 0 saturated carbocycles. The molecule has 0 amide bonds. The summed E-state index contributed by atoms with van der Waals surface area (Å²) in [5.74, 6) is 0.156. The maximum atomic E-state index is 11.2. The number of hydrogen-bond donors (Lipinski definition) is 2. The van der Waals surface area contributed by atoms with Gasteiger partial charge in [-0.1, -0.05) is 20.8 Å². The van der Waals surface area contributed by atoms with Crippen molar-refractivity contribution in [3.63, 3.8) is 0 Å². The number of nitrogens with zero attached hydrogens (tertiary/aromatic N) is 3. The third-order valence-electron chi connectivity index (χ3n) is 2.60. The fraction of sp³-hybridized carbons (Fsp3) is 0.385. The van der Waals surface area contributed by atoms with Gasteiger partial charge in [0, 0.05) is 22.6 Å². The van der Waals surface area contributed by atoms with Crippen molar-refractivity contribution in [1.82, 2.24) is 14.3 Å². The molecule has 0 aliphatic heterocycles. The highest BCUT2D eigenvalue weighted by Crippen LogP contribution is 2.25. The van der Waals surface area contributed by atoms with Crippen molar-refractivity contribution in [3.8, 4) is 0 Å². The molecule has 2 rings (SSSR count). The highest BCUT2D eigenvalue weighted by atomic mass is 32.1. The molecule has 20 heavy (non-hydrogen) atoms. The molecule has 2 aromatic rings. The van der Waals surface area contributed by atoms with Gasteiger partial charge in [0.1, 0.15) is 11.6 Å². The van der Waals surface area contributed by atoms with Crippen LogP contribution in [0.5, 0.6) is 0 Å². The van der Waals surface area contributed by atoms with Gasteiger partial charge in [0.15, 0.2) is 0 Å². The topological polar surface area (TPSA) is 88.0 Å². The molecule has 0 atom stereocenters. The van der Waals surface area contributed by atoms with Gasteiger partial charge in [-0.25, -0.2) is 14.8 Å². The summed E-state index contributed by atoms with van der Waals surface area (Å²) in [5.41, 5.74) is 0.675. The molecule has 2 heterocycles. The normalized spacial score (nSPS) is 11.4. The van der Waals surface area contributed by atoms with Crippen molar-refractivity contribution in [2.45, 2.75) is 33.1 Å². The number of nitrogens with one attached hydrogen (secondary N) is 1. The molecule has 0 bridgehead atoms. The molecule has 2 N–H and O–H groups in total. The second-order valence-corrected chi connectivity index (χ2v) is 6.21. The summed E-state index contributed by atoms with van der Waals surface area (Å²) in [6, 6.07) is 3.09. The van der Waals surface area contributed by atoms with Gasteiger partial charge < -0.3 is 10.4 Å². The van der Waals surface area contributed by atoms with Gasteiger partial charge in [-0.3, -0.25) is 0 Å². The fourth-order valence-electron chi connectivity index (χ4n) is 1.56. The zero-order valence-electron chi connectivity index (χ0n) is 11.8. The third kappa shape index (κ3) is 3.30. The Hall–Kier alpha value is -2.02. The molecule has 0 aromatic carbocycles. The number of hydrogen-bond acceptors (Lipinski definition) is 6. The molecule has 0 fully saturated rings. The average Bonchev–Trinajstić information content (AvgIpc) is 2.73. The predicted molar refractivity (Wildman–Crippen MR) is 77.8 cm³/mol. The van der Waals surface area contributed by atoms with Crippen molar-refractivity contribution in [1.29, 1.82) is 0 Å². The van der Waals surface area contributed by atoms with Crippen LogP contribution in [0.1, 0.15) is 42.6 Å². The number of anilines is 2. The predicted octanol–water partition coefficient (Wildman–Crippen LogP) is 2.98. The standard InChI is InChI=1S/C13H16N4O2S/c1-7-14-12(20-17-7)16-10-6-8(11(18)19)5-9(15-10)13(2,3)4/h5-6H,1-4H3,(H,18,19)(H,14,15,16,17). The molecule has 0 spiro atoms. The molecule has 106 valence electrons. The van der Waals surface area contributed by atoms with Crippen LogP contribution >= 0.6 is 11.5 Å². The molecule has 7 heteroatoms. The number of carboxylic acids is 1. The van der Waals surface area contributed by atoms with E-state index in [9.17, 15) is 9.90 Å². The third-order valence-corrected chi connectivity index (χ3v) is 3.33. The van der Waals surface area contributed by atoms with Gasteiger partial charge in [0.2, 0.25) is 5.13 Å².